The second kappa shape index (κ2) is 6.90. The zero-order chi connectivity index (χ0) is 18.9. The largest absolute Gasteiger partial charge is 0.452 e. The van der Waals surface area contributed by atoms with Gasteiger partial charge in [-0.25, -0.2) is 8.42 Å². The average molecular weight is 389 g/mol. The van der Waals surface area contributed by atoms with Crippen LogP contribution in [-0.4, -0.2) is 21.0 Å². The maximum atomic E-state index is 12.6. The number of aldehydes is 1. The standard InChI is InChI=1S/C19H13ClO5S/c1-26(23,24)16-8-4-13(5-9-16)19-18(12-2-6-14(20)7-3-12)17(22)10-15(11-21)25-19/h2-11H,1H3. The first-order chi connectivity index (χ1) is 12.3. The predicted molar refractivity (Wildman–Crippen MR) is 99.4 cm³/mol. The minimum atomic E-state index is -3.35. The van der Waals surface area contributed by atoms with Gasteiger partial charge in [0.15, 0.2) is 27.3 Å². The lowest BCUT2D eigenvalue weighted by Crippen LogP contribution is -2.07. The molecule has 0 spiro atoms. The monoisotopic (exact) mass is 388 g/mol. The van der Waals surface area contributed by atoms with E-state index in [4.69, 9.17) is 16.0 Å². The van der Waals surface area contributed by atoms with Crippen molar-refractivity contribution < 1.29 is 17.6 Å². The van der Waals surface area contributed by atoms with Gasteiger partial charge in [0, 0.05) is 22.9 Å². The molecule has 0 saturated carbocycles. The molecular formula is C19H13ClO5S. The molecule has 0 aliphatic rings. The van der Waals surface area contributed by atoms with E-state index in [-0.39, 0.29) is 27.4 Å². The smallest absolute Gasteiger partial charge is 0.194 e. The average Bonchev–Trinajstić information content (AvgIpc) is 2.61. The highest BCUT2D eigenvalue weighted by Gasteiger charge is 2.17. The number of hydrogen-bond donors (Lipinski definition) is 0. The molecule has 0 aliphatic heterocycles. The molecule has 26 heavy (non-hydrogen) atoms. The number of rotatable bonds is 4. The highest BCUT2D eigenvalue weighted by molar-refractivity contribution is 7.90. The van der Waals surface area contributed by atoms with Crippen molar-refractivity contribution in [2.75, 3.05) is 6.26 Å². The minimum Gasteiger partial charge on any atom is -0.452 e. The molecule has 0 N–H and O–H groups in total. The van der Waals surface area contributed by atoms with Gasteiger partial charge in [0.05, 0.1) is 10.5 Å². The van der Waals surface area contributed by atoms with Crippen LogP contribution in [0.1, 0.15) is 10.6 Å². The first-order valence-corrected chi connectivity index (χ1v) is 9.76. The van der Waals surface area contributed by atoms with Crippen molar-refractivity contribution >= 4 is 27.7 Å². The molecule has 0 amide bonds. The maximum absolute atomic E-state index is 12.6. The molecule has 0 saturated heterocycles. The van der Waals surface area contributed by atoms with E-state index in [1.165, 1.54) is 24.3 Å². The Hall–Kier alpha value is -2.70. The molecule has 132 valence electrons. The molecule has 1 heterocycles. The van der Waals surface area contributed by atoms with E-state index in [1.807, 2.05) is 0 Å². The molecule has 3 aromatic rings. The molecule has 0 unspecified atom stereocenters. The molecule has 5 nitrogen and oxygen atoms in total. The fourth-order valence-corrected chi connectivity index (χ4v) is 3.27. The zero-order valence-corrected chi connectivity index (χ0v) is 15.2. The number of carbonyl (C=O) groups is 1. The van der Waals surface area contributed by atoms with Crippen molar-refractivity contribution in [2.24, 2.45) is 0 Å². The Morgan fingerprint density at radius 2 is 1.54 bits per heavy atom. The van der Waals surface area contributed by atoms with E-state index >= 15 is 0 Å². The third-order valence-corrected chi connectivity index (χ3v) is 5.14. The van der Waals surface area contributed by atoms with Crippen LogP contribution in [0.15, 0.2) is 68.7 Å². The minimum absolute atomic E-state index is 0.116. The summed E-state index contributed by atoms with van der Waals surface area (Å²) in [6, 6.07) is 13.6. The Morgan fingerprint density at radius 3 is 2.08 bits per heavy atom. The first-order valence-electron chi connectivity index (χ1n) is 7.49. The van der Waals surface area contributed by atoms with E-state index in [1.54, 1.807) is 24.3 Å². The van der Waals surface area contributed by atoms with Crippen LogP contribution in [0, 0.1) is 0 Å². The molecule has 2 aromatic carbocycles. The summed E-state index contributed by atoms with van der Waals surface area (Å²) in [5.41, 5.74) is 0.924. The van der Waals surface area contributed by atoms with Crippen LogP contribution in [0.2, 0.25) is 5.02 Å². The molecular weight excluding hydrogens is 376 g/mol. The lowest BCUT2D eigenvalue weighted by Gasteiger charge is -2.10. The summed E-state index contributed by atoms with van der Waals surface area (Å²) < 4.78 is 28.8. The van der Waals surface area contributed by atoms with Crippen LogP contribution in [0.3, 0.4) is 0 Å². The number of halogens is 1. The molecule has 0 fully saturated rings. The summed E-state index contributed by atoms with van der Waals surface area (Å²) in [5, 5.41) is 0.515. The summed E-state index contributed by atoms with van der Waals surface area (Å²) in [5.74, 6) is 0.0666. The van der Waals surface area contributed by atoms with Gasteiger partial charge in [0.1, 0.15) is 5.76 Å². The highest BCUT2D eigenvalue weighted by Crippen LogP contribution is 2.31. The Bertz CT molecular complexity index is 1130. The topological polar surface area (TPSA) is 81.4 Å². The van der Waals surface area contributed by atoms with Gasteiger partial charge in [-0.05, 0) is 42.0 Å². The number of sulfone groups is 1. The Morgan fingerprint density at radius 1 is 0.962 bits per heavy atom. The Kier molecular flexibility index (Phi) is 4.80. The second-order valence-corrected chi connectivity index (χ2v) is 8.09. The molecule has 0 aliphatic carbocycles. The van der Waals surface area contributed by atoms with Crippen LogP contribution in [-0.2, 0) is 9.84 Å². The molecule has 0 radical (unpaired) electrons. The van der Waals surface area contributed by atoms with Crippen LogP contribution >= 0.6 is 11.6 Å². The number of benzene rings is 2. The van der Waals surface area contributed by atoms with Crippen molar-refractivity contribution in [3.05, 3.63) is 75.6 Å². The Labute approximate surface area is 154 Å². The van der Waals surface area contributed by atoms with E-state index in [0.717, 1.165) is 12.3 Å². The van der Waals surface area contributed by atoms with E-state index in [2.05, 4.69) is 0 Å². The van der Waals surface area contributed by atoms with Crippen molar-refractivity contribution in [3.63, 3.8) is 0 Å². The zero-order valence-electron chi connectivity index (χ0n) is 13.6. The number of hydrogen-bond acceptors (Lipinski definition) is 5. The first kappa shape index (κ1) is 18.1. The van der Waals surface area contributed by atoms with Gasteiger partial charge in [-0.15, -0.1) is 0 Å². The summed E-state index contributed by atoms with van der Waals surface area (Å²) >= 11 is 5.90. The van der Waals surface area contributed by atoms with Gasteiger partial charge >= 0.3 is 0 Å². The normalized spacial score (nSPS) is 11.3. The summed E-state index contributed by atoms with van der Waals surface area (Å²) in [6.45, 7) is 0. The van der Waals surface area contributed by atoms with Gasteiger partial charge in [-0.3, -0.25) is 9.59 Å². The van der Waals surface area contributed by atoms with Gasteiger partial charge in [-0.2, -0.15) is 0 Å². The van der Waals surface area contributed by atoms with E-state index in [0.29, 0.717) is 22.4 Å². The Balaban J connectivity index is 2.25. The van der Waals surface area contributed by atoms with Gasteiger partial charge in [0.2, 0.25) is 0 Å². The third-order valence-electron chi connectivity index (χ3n) is 3.76. The fraction of sp³-hybridized carbons (Fsp3) is 0.0526. The summed E-state index contributed by atoms with van der Waals surface area (Å²) in [7, 11) is -3.35. The van der Waals surface area contributed by atoms with E-state index in [9.17, 15) is 18.0 Å². The van der Waals surface area contributed by atoms with Crippen molar-refractivity contribution in [3.8, 4) is 22.5 Å². The third kappa shape index (κ3) is 3.61. The highest BCUT2D eigenvalue weighted by atomic mass is 35.5. The fourth-order valence-electron chi connectivity index (χ4n) is 2.52. The van der Waals surface area contributed by atoms with Gasteiger partial charge in [-0.1, -0.05) is 23.7 Å². The molecule has 1 aromatic heterocycles. The summed E-state index contributed by atoms with van der Waals surface area (Å²) in [6.07, 6.45) is 1.55. The quantitative estimate of drug-likeness (QED) is 0.634. The summed E-state index contributed by atoms with van der Waals surface area (Å²) in [4.78, 5) is 23.8. The van der Waals surface area contributed by atoms with Crippen LogP contribution < -0.4 is 5.43 Å². The predicted octanol–water partition coefficient (Wildman–Crippen LogP) is 3.84. The SMILES string of the molecule is CS(=O)(=O)c1ccc(-c2oc(C=O)cc(=O)c2-c2ccc(Cl)cc2)cc1. The van der Waals surface area contributed by atoms with Crippen molar-refractivity contribution in [2.45, 2.75) is 4.90 Å². The van der Waals surface area contributed by atoms with E-state index < -0.39 is 9.84 Å². The van der Waals surface area contributed by atoms with Crippen molar-refractivity contribution in [1.82, 2.24) is 0 Å². The van der Waals surface area contributed by atoms with Crippen LogP contribution in [0.4, 0.5) is 0 Å². The van der Waals surface area contributed by atoms with Crippen LogP contribution in [0.5, 0.6) is 0 Å². The number of carbonyl (C=O) groups excluding carboxylic acids is 1. The molecule has 0 bridgehead atoms. The second-order valence-electron chi connectivity index (χ2n) is 5.64. The lowest BCUT2D eigenvalue weighted by molar-refractivity contribution is 0.109. The molecule has 0 atom stereocenters. The molecule has 3 rings (SSSR count). The van der Waals surface area contributed by atoms with Gasteiger partial charge in [0.25, 0.3) is 0 Å². The lowest BCUT2D eigenvalue weighted by atomic mass is 10.00. The molecule has 7 heteroatoms. The van der Waals surface area contributed by atoms with Crippen LogP contribution in [0.25, 0.3) is 22.5 Å². The maximum Gasteiger partial charge on any atom is 0.194 e. The van der Waals surface area contributed by atoms with Crippen molar-refractivity contribution in [1.29, 1.82) is 0 Å². The van der Waals surface area contributed by atoms with Gasteiger partial charge < -0.3 is 4.42 Å².